The first-order valence-electron chi connectivity index (χ1n) is 8.78. The Balaban J connectivity index is 1.79. The SMILES string of the molecule is COC(=O)CCCCCCC/C=C\CCO[C@H]1CCCCO1. The lowest BCUT2D eigenvalue weighted by Gasteiger charge is -2.22. The fraction of sp³-hybridized carbons (Fsp3) is 0.833. The first kappa shape index (κ1) is 19.2. The zero-order valence-corrected chi connectivity index (χ0v) is 14.1. The molecule has 4 nitrogen and oxygen atoms in total. The highest BCUT2D eigenvalue weighted by molar-refractivity contribution is 5.68. The van der Waals surface area contributed by atoms with E-state index in [0.29, 0.717) is 6.42 Å². The molecule has 0 radical (unpaired) electrons. The van der Waals surface area contributed by atoms with Crippen LogP contribution in [0.3, 0.4) is 0 Å². The van der Waals surface area contributed by atoms with Gasteiger partial charge in [-0.3, -0.25) is 4.79 Å². The van der Waals surface area contributed by atoms with Gasteiger partial charge in [0.25, 0.3) is 0 Å². The first-order valence-corrected chi connectivity index (χ1v) is 8.78. The minimum atomic E-state index is -0.0937. The van der Waals surface area contributed by atoms with Gasteiger partial charge in [-0.05, 0) is 44.9 Å². The average molecular weight is 312 g/mol. The number of esters is 1. The van der Waals surface area contributed by atoms with Gasteiger partial charge in [0.05, 0.1) is 13.7 Å². The van der Waals surface area contributed by atoms with Crippen molar-refractivity contribution in [3.8, 4) is 0 Å². The first-order chi connectivity index (χ1) is 10.8. The summed E-state index contributed by atoms with van der Waals surface area (Å²) in [6, 6.07) is 0. The molecule has 0 aliphatic carbocycles. The summed E-state index contributed by atoms with van der Waals surface area (Å²) in [5.41, 5.74) is 0. The number of unbranched alkanes of at least 4 members (excludes halogenated alkanes) is 5. The molecule has 1 aliphatic heterocycles. The second kappa shape index (κ2) is 13.8. The third kappa shape index (κ3) is 10.8. The van der Waals surface area contributed by atoms with Crippen LogP contribution < -0.4 is 0 Å². The number of carbonyl (C=O) groups excluding carboxylic acids is 1. The molecule has 0 N–H and O–H groups in total. The monoisotopic (exact) mass is 312 g/mol. The van der Waals surface area contributed by atoms with E-state index in [2.05, 4.69) is 16.9 Å². The second-order valence-electron chi connectivity index (χ2n) is 5.81. The van der Waals surface area contributed by atoms with Crippen LogP contribution >= 0.6 is 0 Å². The van der Waals surface area contributed by atoms with Crippen molar-refractivity contribution >= 4 is 5.97 Å². The summed E-state index contributed by atoms with van der Waals surface area (Å²) in [5.74, 6) is -0.0937. The molecule has 0 spiro atoms. The maximum Gasteiger partial charge on any atom is 0.305 e. The highest BCUT2D eigenvalue weighted by Gasteiger charge is 2.12. The molecular formula is C18H32O4. The molecular weight excluding hydrogens is 280 g/mol. The standard InChI is InChI=1S/C18H32O4/c1-20-17(19)13-9-7-5-3-2-4-6-8-11-15-21-18-14-10-12-16-22-18/h6,8,18H,2-5,7,9-16H2,1H3/b8-6-/t18-/m1/s1. The van der Waals surface area contributed by atoms with Crippen molar-refractivity contribution < 1.29 is 19.0 Å². The summed E-state index contributed by atoms with van der Waals surface area (Å²) in [6.45, 7) is 1.61. The van der Waals surface area contributed by atoms with Crippen LogP contribution in [0.15, 0.2) is 12.2 Å². The number of ether oxygens (including phenoxy) is 3. The summed E-state index contributed by atoms with van der Waals surface area (Å²) in [6.07, 6.45) is 16.3. The molecule has 0 aromatic carbocycles. The second-order valence-corrected chi connectivity index (χ2v) is 5.81. The Labute approximate surface area is 135 Å². The van der Waals surface area contributed by atoms with E-state index < -0.39 is 0 Å². The van der Waals surface area contributed by atoms with Gasteiger partial charge in [0.1, 0.15) is 0 Å². The number of hydrogen-bond donors (Lipinski definition) is 0. The van der Waals surface area contributed by atoms with Crippen molar-refractivity contribution in [3.05, 3.63) is 12.2 Å². The van der Waals surface area contributed by atoms with E-state index in [9.17, 15) is 4.79 Å². The summed E-state index contributed by atoms with van der Waals surface area (Å²) < 4.78 is 15.8. The van der Waals surface area contributed by atoms with E-state index in [1.807, 2.05) is 0 Å². The van der Waals surface area contributed by atoms with Crippen LogP contribution in [0.25, 0.3) is 0 Å². The predicted molar refractivity (Wildman–Crippen MR) is 87.6 cm³/mol. The van der Waals surface area contributed by atoms with E-state index in [4.69, 9.17) is 9.47 Å². The Morgan fingerprint density at radius 1 is 1.09 bits per heavy atom. The zero-order valence-electron chi connectivity index (χ0n) is 14.1. The molecule has 4 heteroatoms. The number of rotatable bonds is 12. The molecule has 0 bridgehead atoms. The molecule has 1 saturated heterocycles. The van der Waals surface area contributed by atoms with E-state index in [1.165, 1.54) is 39.2 Å². The van der Waals surface area contributed by atoms with Crippen molar-refractivity contribution in [3.63, 3.8) is 0 Å². The number of allylic oxidation sites excluding steroid dienone is 1. The summed E-state index contributed by atoms with van der Waals surface area (Å²) in [7, 11) is 1.45. The van der Waals surface area contributed by atoms with Gasteiger partial charge in [0, 0.05) is 13.0 Å². The Hall–Kier alpha value is -0.870. The van der Waals surface area contributed by atoms with Gasteiger partial charge in [-0.15, -0.1) is 0 Å². The van der Waals surface area contributed by atoms with Crippen molar-refractivity contribution in [2.24, 2.45) is 0 Å². The van der Waals surface area contributed by atoms with Crippen LogP contribution in [0, 0.1) is 0 Å². The zero-order chi connectivity index (χ0) is 15.9. The molecule has 0 saturated carbocycles. The largest absolute Gasteiger partial charge is 0.469 e. The molecule has 1 rings (SSSR count). The Kier molecular flexibility index (Phi) is 12.0. The molecule has 1 fully saturated rings. The van der Waals surface area contributed by atoms with Crippen LogP contribution in [-0.2, 0) is 19.0 Å². The van der Waals surface area contributed by atoms with Crippen LogP contribution in [0.2, 0.25) is 0 Å². The maximum atomic E-state index is 10.9. The fourth-order valence-corrected chi connectivity index (χ4v) is 2.51. The molecule has 1 heterocycles. The molecule has 22 heavy (non-hydrogen) atoms. The van der Waals surface area contributed by atoms with Crippen LogP contribution in [-0.4, -0.2) is 32.6 Å². The predicted octanol–water partition coefficient (Wildman–Crippen LogP) is 4.38. The summed E-state index contributed by atoms with van der Waals surface area (Å²) in [5, 5.41) is 0. The van der Waals surface area contributed by atoms with E-state index in [1.54, 1.807) is 0 Å². The highest BCUT2D eigenvalue weighted by Crippen LogP contribution is 2.14. The van der Waals surface area contributed by atoms with Gasteiger partial charge in [0.2, 0.25) is 0 Å². The molecule has 0 unspecified atom stereocenters. The smallest absolute Gasteiger partial charge is 0.305 e. The number of hydrogen-bond acceptors (Lipinski definition) is 4. The lowest BCUT2D eigenvalue weighted by atomic mass is 10.1. The van der Waals surface area contributed by atoms with E-state index in [0.717, 1.165) is 45.3 Å². The molecule has 1 aliphatic rings. The topological polar surface area (TPSA) is 44.8 Å². The minimum Gasteiger partial charge on any atom is -0.469 e. The molecule has 0 amide bonds. The lowest BCUT2D eigenvalue weighted by Crippen LogP contribution is -2.22. The summed E-state index contributed by atoms with van der Waals surface area (Å²) >= 11 is 0. The highest BCUT2D eigenvalue weighted by atomic mass is 16.7. The third-order valence-corrected chi connectivity index (χ3v) is 3.87. The molecule has 1 atom stereocenters. The van der Waals surface area contributed by atoms with Gasteiger partial charge >= 0.3 is 5.97 Å². The van der Waals surface area contributed by atoms with Gasteiger partial charge in [-0.1, -0.05) is 31.4 Å². The van der Waals surface area contributed by atoms with E-state index in [-0.39, 0.29) is 12.3 Å². The molecule has 0 aromatic heterocycles. The van der Waals surface area contributed by atoms with E-state index >= 15 is 0 Å². The van der Waals surface area contributed by atoms with Crippen LogP contribution in [0.1, 0.15) is 70.6 Å². The van der Waals surface area contributed by atoms with Gasteiger partial charge in [-0.25, -0.2) is 0 Å². The Morgan fingerprint density at radius 3 is 2.64 bits per heavy atom. The average Bonchev–Trinajstić information content (AvgIpc) is 2.56. The Bertz CT molecular complexity index is 295. The third-order valence-electron chi connectivity index (χ3n) is 3.87. The van der Waals surface area contributed by atoms with Crippen LogP contribution in [0.5, 0.6) is 0 Å². The quantitative estimate of drug-likeness (QED) is 0.305. The molecule has 128 valence electrons. The Morgan fingerprint density at radius 2 is 1.86 bits per heavy atom. The number of methoxy groups -OCH3 is 1. The minimum absolute atomic E-state index is 0.0344. The van der Waals surface area contributed by atoms with Crippen molar-refractivity contribution in [1.82, 2.24) is 0 Å². The summed E-state index contributed by atoms with van der Waals surface area (Å²) in [4.78, 5) is 10.9. The van der Waals surface area contributed by atoms with Crippen molar-refractivity contribution in [2.75, 3.05) is 20.3 Å². The molecule has 0 aromatic rings. The van der Waals surface area contributed by atoms with Crippen LogP contribution in [0.4, 0.5) is 0 Å². The lowest BCUT2D eigenvalue weighted by molar-refractivity contribution is -0.161. The number of carbonyl (C=O) groups is 1. The fourth-order valence-electron chi connectivity index (χ4n) is 2.51. The van der Waals surface area contributed by atoms with Crippen molar-refractivity contribution in [1.29, 1.82) is 0 Å². The maximum absolute atomic E-state index is 10.9. The van der Waals surface area contributed by atoms with Gasteiger partial charge < -0.3 is 14.2 Å². The van der Waals surface area contributed by atoms with Crippen molar-refractivity contribution in [2.45, 2.75) is 76.9 Å². The normalized spacial score (nSPS) is 18.7. The van der Waals surface area contributed by atoms with Gasteiger partial charge in [0.15, 0.2) is 6.29 Å². The van der Waals surface area contributed by atoms with Gasteiger partial charge in [-0.2, -0.15) is 0 Å².